The smallest absolute Gasteiger partial charge is 0.251 e. The van der Waals surface area contributed by atoms with Gasteiger partial charge in [0, 0.05) is 16.1 Å². The van der Waals surface area contributed by atoms with Crippen molar-refractivity contribution in [1.29, 1.82) is 0 Å². The van der Waals surface area contributed by atoms with Gasteiger partial charge in [-0.1, -0.05) is 29.8 Å². The zero-order valence-electron chi connectivity index (χ0n) is 16.5. The Morgan fingerprint density at radius 3 is 2.36 bits per heavy atom. The normalized spacial score (nSPS) is 13.1. The molecule has 0 saturated heterocycles. The van der Waals surface area contributed by atoms with Crippen LogP contribution in [-0.2, 0) is 10.0 Å². The lowest BCUT2D eigenvalue weighted by atomic mass is 10.1. The van der Waals surface area contributed by atoms with Crippen molar-refractivity contribution in [2.45, 2.75) is 44.2 Å². The fourth-order valence-electron chi connectivity index (χ4n) is 2.67. The van der Waals surface area contributed by atoms with E-state index in [0.717, 1.165) is 5.56 Å². The van der Waals surface area contributed by atoms with E-state index in [1.54, 1.807) is 33.8 Å². The number of carbonyl (C=O) groups excluding carboxylic acids is 1. The van der Waals surface area contributed by atoms with Crippen LogP contribution in [0.1, 0.15) is 49.7 Å². The molecule has 0 saturated carbocycles. The monoisotopic (exact) mass is 424 g/mol. The first-order chi connectivity index (χ1) is 12.9. The summed E-state index contributed by atoms with van der Waals surface area (Å²) in [6.45, 7) is 7.01. The Morgan fingerprint density at radius 1 is 1.14 bits per heavy atom. The van der Waals surface area contributed by atoms with Crippen molar-refractivity contribution in [3.8, 4) is 5.75 Å². The van der Waals surface area contributed by atoms with Gasteiger partial charge < -0.3 is 10.1 Å². The third-order valence-electron chi connectivity index (χ3n) is 3.88. The van der Waals surface area contributed by atoms with Gasteiger partial charge in [0.25, 0.3) is 5.91 Å². The van der Waals surface area contributed by atoms with Gasteiger partial charge in [0.05, 0.1) is 13.2 Å². The average Bonchev–Trinajstić information content (AvgIpc) is 2.59. The molecule has 0 bridgehead atoms. The molecule has 0 aromatic heterocycles. The molecule has 0 aliphatic heterocycles. The largest absolute Gasteiger partial charge is 0.495 e. The van der Waals surface area contributed by atoms with Gasteiger partial charge in [-0.25, -0.2) is 13.1 Å². The summed E-state index contributed by atoms with van der Waals surface area (Å²) in [4.78, 5) is 12.6. The Hall–Kier alpha value is -2.09. The van der Waals surface area contributed by atoms with Crippen LogP contribution in [0.3, 0.4) is 0 Å². The van der Waals surface area contributed by atoms with Crippen molar-refractivity contribution in [1.82, 2.24) is 10.0 Å². The summed E-state index contributed by atoms with van der Waals surface area (Å²) in [6.07, 6.45) is 0. The number of amides is 1. The third-order valence-corrected chi connectivity index (χ3v) is 6.00. The second kappa shape index (κ2) is 8.51. The fourth-order valence-corrected chi connectivity index (χ4v) is 4.58. The maximum Gasteiger partial charge on any atom is 0.251 e. The minimum atomic E-state index is -3.88. The number of sulfonamides is 1. The molecule has 0 aliphatic rings. The molecule has 2 aromatic carbocycles. The summed E-state index contributed by atoms with van der Waals surface area (Å²) in [5, 5.41) is 3.38. The number of rotatable bonds is 6. The summed E-state index contributed by atoms with van der Waals surface area (Å²) < 4.78 is 33.2. The summed E-state index contributed by atoms with van der Waals surface area (Å²) in [6, 6.07) is 11.2. The second-order valence-corrected chi connectivity index (χ2v) is 9.50. The van der Waals surface area contributed by atoms with E-state index in [-0.39, 0.29) is 22.3 Å². The third kappa shape index (κ3) is 5.47. The molecule has 1 atom stereocenters. The number of carbonyl (C=O) groups is 1. The number of ether oxygens (including phenoxy) is 1. The maximum absolute atomic E-state index is 12.8. The minimum Gasteiger partial charge on any atom is -0.495 e. The van der Waals surface area contributed by atoms with Crippen LogP contribution in [-0.4, -0.2) is 27.0 Å². The highest BCUT2D eigenvalue weighted by Crippen LogP contribution is 2.27. The Morgan fingerprint density at radius 2 is 1.79 bits per heavy atom. The van der Waals surface area contributed by atoms with Gasteiger partial charge in [0.15, 0.2) is 0 Å². The Kier molecular flexibility index (Phi) is 6.75. The van der Waals surface area contributed by atoms with Crippen LogP contribution in [0.25, 0.3) is 0 Å². The molecule has 152 valence electrons. The molecule has 8 heteroatoms. The van der Waals surface area contributed by atoms with Crippen LogP contribution in [0, 0.1) is 0 Å². The van der Waals surface area contributed by atoms with Crippen LogP contribution in [0.15, 0.2) is 47.4 Å². The number of hydrogen-bond acceptors (Lipinski definition) is 4. The predicted octanol–water partition coefficient (Wildman–Crippen LogP) is 3.92. The van der Waals surface area contributed by atoms with Crippen LogP contribution in [0.4, 0.5) is 0 Å². The van der Waals surface area contributed by atoms with Gasteiger partial charge in [0.2, 0.25) is 10.0 Å². The molecule has 0 aliphatic carbocycles. The molecular weight excluding hydrogens is 400 g/mol. The molecular formula is C20H25ClN2O4S. The van der Waals surface area contributed by atoms with E-state index in [1.165, 1.54) is 25.3 Å². The van der Waals surface area contributed by atoms with E-state index in [1.807, 2.05) is 18.2 Å². The van der Waals surface area contributed by atoms with Gasteiger partial charge in [-0.05, 0) is 57.5 Å². The molecule has 0 spiro atoms. The summed E-state index contributed by atoms with van der Waals surface area (Å²) in [5.41, 5.74) is 0.294. The molecule has 2 rings (SSSR count). The fraction of sp³-hybridized carbons (Fsp3) is 0.350. The van der Waals surface area contributed by atoms with Crippen molar-refractivity contribution >= 4 is 27.5 Å². The zero-order chi connectivity index (χ0) is 21.1. The standard InChI is InChI=1S/C20H25ClN2O4S/c1-13(15-8-6-7-9-16(15)21)22-19(24)14-10-11-17(27-5)18(12-14)28(25,26)23-20(2,3)4/h6-13,23H,1-5H3,(H,22,24). The average molecular weight is 425 g/mol. The number of benzene rings is 2. The van der Waals surface area contributed by atoms with Crippen molar-refractivity contribution in [3.05, 3.63) is 58.6 Å². The van der Waals surface area contributed by atoms with Gasteiger partial charge in [-0.15, -0.1) is 0 Å². The molecule has 2 N–H and O–H groups in total. The summed E-state index contributed by atoms with van der Waals surface area (Å²) >= 11 is 6.18. The van der Waals surface area contributed by atoms with Crippen LogP contribution in [0.5, 0.6) is 5.75 Å². The van der Waals surface area contributed by atoms with Gasteiger partial charge in [-0.2, -0.15) is 0 Å². The van der Waals surface area contributed by atoms with E-state index < -0.39 is 21.5 Å². The van der Waals surface area contributed by atoms with Crippen molar-refractivity contribution in [3.63, 3.8) is 0 Å². The first kappa shape index (κ1) is 22.2. The first-order valence-corrected chi connectivity index (χ1v) is 10.6. The quantitative estimate of drug-likeness (QED) is 0.736. The predicted molar refractivity (Wildman–Crippen MR) is 110 cm³/mol. The Balaban J connectivity index is 2.34. The first-order valence-electron chi connectivity index (χ1n) is 8.72. The van der Waals surface area contributed by atoms with Crippen LogP contribution < -0.4 is 14.8 Å². The molecule has 0 heterocycles. The molecule has 0 radical (unpaired) electrons. The van der Waals surface area contributed by atoms with E-state index in [9.17, 15) is 13.2 Å². The van der Waals surface area contributed by atoms with Crippen molar-refractivity contribution in [2.24, 2.45) is 0 Å². The summed E-state index contributed by atoms with van der Waals surface area (Å²) in [7, 11) is -2.50. The van der Waals surface area contributed by atoms with E-state index >= 15 is 0 Å². The molecule has 6 nitrogen and oxygen atoms in total. The molecule has 1 unspecified atom stereocenters. The molecule has 0 fully saturated rings. The van der Waals surface area contributed by atoms with E-state index in [4.69, 9.17) is 16.3 Å². The number of nitrogens with one attached hydrogen (secondary N) is 2. The highest BCUT2D eigenvalue weighted by Gasteiger charge is 2.26. The van der Waals surface area contributed by atoms with Crippen LogP contribution in [0.2, 0.25) is 5.02 Å². The SMILES string of the molecule is COc1ccc(C(=O)NC(C)c2ccccc2Cl)cc1S(=O)(=O)NC(C)(C)C. The molecule has 2 aromatic rings. The highest BCUT2D eigenvalue weighted by molar-refractivity contribution is 7.89. The Bertz CT molecular complexity index is 968. The van der Waals surface area contributed by atoms with Gasteiger partial charge >= 0.3 is 0 Å². The maximum atomic E-state index is 12.8. The summed E-state index contributed by atoms with van der Waals surface area (Å²) in [5.74, 6) is -0.255. The lowest BCUT2D eigenvalue weighted by molar-refractivity contribution is 0.0939. The lowest BCUT2D eigenvalue weighted by Crippen LogP contribution is -2.40. The van der Waals surface area contributed by atoms with Gasteiger partial charge in [0.1, 0.15) is 10.6 Å². The Labute approximate surface area is 171 Å². The molecule has 1 amide bonds. The van der Waals surface area contributed by atoms with Crippen molar-refractivity contribution < 1.29 is 17.9 Å². The van der Waals surface area contributed by atoms with E-state index in [2.05, 4.69) is 10.0 Å². The van der Waals surface area contributed by atoms with Crippen molar-refractivity contribution in [2.75, 3.05) is 7.11 Å². The number of halogens is 1. The number of methoxy groups -OCH3 is 1. The van der Waals surface area contributed by atoms with E-state index in [0.29, 0.717) is 5.02 Å². The highest BCUT2D eigenvalue weighted by atomic mass is 35.5. The molecule has 28 heavy (non-hydrogen) atoms. The van der Waals surface area contributed by atoms with Gasteiger partial charge in [-0.3, -0.25) is 4.79 Å². The number of hydrogen-bond donors (Lipinski definition) is 2. The lowest BCUT2D eigenvalue weighted by Gasteiger charge is -2.22. The topological polar surface area (TPSA) is 84.5 Å². The zero-order valence-corrected chi connectivity index (χ0v) is 18.1. The second-order valence-electron chi connectivity index (χ2n) is 7.44. The minimum absolute atomic E-state index is 0.0945. The van der Waals surface area contributed by atoms with Crippen LogP contribution >= 0.6 is 11.6 Å².